The zero-order chi connectivity index (χ0) is 9.35. The van der Waals surface area contributed by atoms with E-state index in [1.807, 2.05) is 11.8 Å². The van der Waals surface area contributed by atoms with Gasteiger partial charge in [-0.2, -0.15) is 11.8 Å². The highest BCUT2D eigenvalue weighted by molar-refractivity contribution is 7.98. The summed E-state index contributed by atoms with van der Waals surface area (Å²) in [4.78, 5) is 0. The van der Waals surface area contributed by atoms with E-state index in [1.165, 1.54) is 11.1 Å². The minimum atomic E-state index is 0.399. The van der Waals surface area contributed by atoms with Crippen LogP contribution in [0.3, 0.4) is 0 Å². The van der Waals surface area contributed by atoms with Gasteiger partial charge >= 0.3 is 0 Å². The van der Waals surface area contributed by atoms with Crippen LogP contribution in [0.5, 0.6) is 0 Å². The second-order valence-electron chi connectivity index (χ2n) is 4.50. The van der Waals surface area contributed by atoms with Crippen LogP contribution in [0.4, 0.5) is 0 Å². The predicted octanol–water partition coefficient (Wildman–Crippen LogP) is 3.51. The number of thioether (sulfide) groups is 1. The van der Waals surface area contributed by atoms with Gasteiger partial charge in [-0.15, -0.1) is 0 Å². The average Bonchev–Trinajstić information content (AvgIpc) is 2.62. The molecule has 12 heavy (non-hydrogen) atoms. The number of rotatable bonds is 3. The molecule has 0 spiro atoms. The molecule has 0 unspecified atom stereocenters. The molecule has 0 radical (unpaired) electrons. The maximum atomic E-state index is 4.08. The third kappa shape index (κ3) is 2.16. The van der Waals surface area contributed by atoms with Crippen molar-refractivity contribution in [2.75, 3.05) is 12.0 Å². The first-order valence-electron chi connectivity index (χ1n) is 4.35. The maximum Gasteiger partial charge on any atom is 0.0178 e. The van der Waals surface area contributed by atoms with Gasteiger partial charge in [0.05, 0.1) is 0 Å². The fraction of sp³-hybridized carbons (Fsp3) is 0.636. The molecule has 0 fully saturated rings. The fourth-order valence-electron chi connectivity index (χ4n) is 1.44. The van der Waals surface area contributed by atoms with Crippen LogP contribution >= 0.6 is 11.8 Å². The topological polar surface area (TPSA) is 0 Å². The molecule has 1 aliphatic carbocycles. The number of hydrogen-bond donors (Lipinski definition) is 0. The van der Waals surface area contributed by atoms with Crippen LogP contribution in [-0.4, -0.2) is 12.0 Å². The van der Waals surface area contributed by atoms with Crippen molar-refractivity contribution in [3.05, 3.63) is 23.8 Å². The van der Waals surface area contributed by atoms with E-state index in [1.54, 1.807) is 0 Å². The normalized spacial score (nSPS) is 22.0. The first-order chi connectivity index (χ1) is 5.46. The zero-order valence-electron chi connectivity index (χ0n) is 8.48. The summed E-state index contributed by atoms with van der Waals surface area (Å²) in [5.74, 6) is 1.77. The van der Waals surface area contributed by atoms with E-state index >= 15 is 0 Å². The Bertz CT molecular complexity index is 218. The lowest BCUT2D eigenvalue weighted by Gasteiger charge is -2.19. The van der Waals surface area contributed by atoms with Crippen LogP contribution in [0.1, 0.15) is 20.8 Å². The first kappa shape index (κ1) is 9.91. The van der Waals surface area contributed by atoms with Crippen molar-refractivity contribution in [2.24, 2.45) is 11.3 Å². The Morgan fingerprint density at radius 3 is 2.50 bits per heavy atom. The first-order valence-corrected chi connectivity index (χ1v) is 5.75. The largest absolute Gasteiger partial charge is 0.161 e. The highest BCUT2D eigenvalue weighted by atomic mass is 32.2. The molecule has 0 nitrogen and oxygen atoms in total. The lowest BCUT2D eigenvalue weighted by molar-refractivity contribution is 0.369. The van der Waals surface area contributed by atoms with Gasteiger partial charge in [0, 0.05) is 11.7 Å². The summed E-state index contributed by atoms with van der Waals surface area (Å²) < 4.78 is 0. The summed E-state index contributed by atoms with van der Waals surface area (Å²) in [6.07, 6.45) is 4.47. The highest BCUT2D eigenvalue weighted by Crippen LogP contribution is 2.47. The van der Waals surface area contributed by atoms with Crippen molar-refractivity contribution in [1.82, 2.24) is 0 Å². The molecule has 0 saturated heterocycles. The van der Waals surface area contributed by atoms with Crippen molar-refractivity contribution in [3.63, 3.8) is 0 Å². The van der Waals surface area contributed by atoms with Crippen LogP contribution in [0.25, 0.3) is 0 Å². The lowest BCUT2D eigenvalue weighted by atomic mass is 9.86. The molecule has 1 heteroatoms. The molecule has 1 atom stereocenters. The Labute approximate surface area is 80.1 Å². The molecule has 0 aromatic rings. The van der Waals surface area contributed by atoms with Crippen molar-refractivity contribution < 1.29 is 0 Å². The maximum absolute atomic E-state index is 4.08. The molecule has 1 rings (SSSR count). The van der Waals surface area contributed by atoms with E-state index in [2.05, 4.69) is 39.7 Å². The third-order valence-electron chi connectivity index (χ3n) is 2.23. The summed E-state index contributed by atoms with van der Waals surface area (Å²) in [7, 11) is 0. The Hall–Kier alpha value is -0.170. The van der Waals surface area contributed by atoms with E-state index in [4.69, 9.17) is 0 Å². The van der Waals surface area contributed by atoms with Gasteiger partial charge in [0.15, 0.2) is 0 Å². The van der Waals surface area contributed by atoms with Gasteiger partial charge in [-0.25, -0.2) is 0 Å². The molecule has 0 aromatic carbocycles. The molecule has 1 aliphatic rings. The van der Waals surface area contributed by atoms with Crippen LogP contribution in [0, 0.1) is 11.3 Å². The van der Waals surface area contributed by atoms with E-state index < -0.39 is 0 Å². The Morgan fingerprint density at radius 2 is 2.17 bits per heavy atom. The van der Waals surface area contributed by atoms with Gasteiger partial charge in [0.25, 0.3) is 0 Å². The van der Waals surface area contributed by atoms with Crippen LogP contribution in [-0.2, 0) is 0 Å². The smallest absolute Gasteiger partial charge is 0.0178 e. The minimum absolute atomic E-state index is 0.399. The van der Waals surface area contributed by atoms with Gasteiger partial charge in [0.2, 0.25) is 0 Å². The Kier molecular flexibility index (Phi) is 2.72. The lowest BCUT2D eigenvalue weighted by Crippen LogP contribution is -2.10. The second kappa shape index (κ2) is 3.29. The standard InChI is InChI=1S/C11H18S/c1-8(7-12-5)9-6-10(9)11(2,3)4/h6,10H,1,7H2,2-5H3/t10-/m0/s1. The van der Waals surface area contributed by atoms with Gasteiger partial charge < -0.3 is 0 Å². The van der Waals surface area contributed by atoms with E-state index in [9.17, 15) is 0 Å². The molecule has 0 saturated carbocycles. The summed E-state index contributed by atoms with van der Waals surface area (Å²) in [6, 6.07) is 0. The molecule has 0 bridgehead atoms. The molecular formula is C11H18S. The molecular weight excluding hydrogens is 164 g/mol. The third-order valence-corrected chi connectivity index (χ3v) is 2.87. The summed E-state index contributed by atoms with van der Waals surface area (Å²) >= 11 is 1.85. The summed E-state index contributed by atoms with van der Waals surface area (Å²) in [6.45, 7) is 10.9. The van der Waals surface area contributed by atoms with Gasteiger partial charge in [0.1, 0.15) is 0 Å². The van der Waals surface area contributed by atoms with Crippen molar-refractivity contribution in [3.8, 4) is 0 Å². The minimum Gasteiger partial charge on any atom is -0.161 e. The van der Waals surface area contributed by atoms with E-state index in [0.717, 1.165) is 5.75 Å². The summed E-state index contributed by atoms with van der Waals surface area (Å²) in [5, 5.41) is 0. The van der Waals surface area contributed by atoms with E-state index in [0.29, 0.717) is 11.3 Å². The summed E-state index contributed by atoms with van der Waals surface area (Å²) in [5.41, 5.74) is 3.22. The number of hydrogen-bond acceptors (Lipinski definition) is 1. The molecule has 0 aromatic heterocycles. The van der Waals surface area contributed by atoms with Crippen LogP contribution in [0.15, 0.2) is 23.8 Å². The van der Waals surface area contributed by atoms with Crippen molar-refractivity contribution in [2.45, 2.75) is 20.8 Å². The van der Waals surface area contributed by atoms with E-state index in [-0.39, 0.29) is 0 Å². The van der Waals surface area contributed by atoms with Gasteiger partial charge in [-0.05, 0) is 22.8 Å². The molecule has 0 aliphatic heterocycles. The molecule has 0 heterocycles. The van der Waals surface area contributed by atoms with Gasteiger partial charge in [-0.3, -0.25) is 0 Å². The predicted molar refractivity (Wildman–Crippen MR) is 58.6 cm³/mol. The van der Waals surface area contributed by atoms with Crippen LogP contribution < -0.4 is 0 Å². The quantitative estimate of drug-likeness (QED) is 0.643. The molecule has 0 amide bonds. The van der Waals surface area contributed by atoms with Crippen molar-refractivity contribution in [1.29, 1.82) is 0 Å². The Balaban J connectivity index is 2.42. The van der Waals surface area contributed by atoms with Crippen molar-refractivity contribution >= 4 is 11.8 Å². The Morgan fingerprint density at radius 1 is 1.58 bits per heavy atom. The molecule has 68 valence electrons. The molecule has 0 N–H and O–H groups in total. The zero-order valence-corrected chi connectivity index (χ0v) is 9.29. The fourth-order valence-corrected chi connectivity index (χ4v) is 1.96. The SMILES string of the molecule is C=C(CSC)C1=C[C@@H]1C(C)(C)C. The van der Waals surface area contributed by atoms with Gasteiger partial charge in [-0.1, -0.05) is 33.4 Å². The second-order valence-corrected chi connectivity index (χ2v) is 5.37. The highest BCUT2D eigenvalue weighted by Gasteiger charge is 2.36. The van der Waals surface area contributed by atoms with Crippen LogP contribution in [0.2, 0.25) is 0 Å². The number of allylic oxidation sites excluding steroid dienone is 2. The monoisotopic (exact) mass is 182 g/mol. The average molecular weight is 182 g/mol.